The van der Waals surface area contributed by atoms with Crippen LogP contribution in [-0.2, 0) is 4.79 Å². The number of likely N-dealkylation sites (tertiary alicyclic amines) is 1. The number of pyridine rings is 1. The standard InChI is InChI=1S/C14H18N2O3/c1-9-5-12(14(18)19)8-16(7-9)13(17)11-4-3-10(2)15-6-11/h3-4,6,9,12H,5,7-8H2,1-2H3,(H,18,19). The fourth-order valence-corrected chi connectivity index (χ4v) is 2.47. The molecule has 0 aromatic carbocycles. The molecule has 0 bridgehead atoms. The van der Waals surface area contributed by atoms with Gasteiger partial charge in [-0.1, -0.05) is 6.92 Å². The summed E-state index contributed by atoms with van der Waals surface area (Å²) in [5, 5.41) is 9.11. The minimum Gasteiger partial charge on any atom is -0.481 e. The summed E-state index contributed by atoms with van der Waals surface area (Å²) in [6.07, 6.45) is 2.18. The molecule has 5 nitrogen and oxygen atoms in total. The lowest BCUT2D eigenvalue weighted by Gasteiger charge is -2.34. The predicted octanol–water partition coefficient (Wildman–Crippen LogP) is 1.57. The lowest BCUT2D eigenvalue weighted by atomic mass is 9.90. The number of carbonyl (C=O) groups is 2. The Kier molecular flexibility index (Phi) is 3.83. The summed E-state index contributed by atoms with van der Waals surface area (Å²) in [6, 6.07) is 3.52. The van der Waals surface area contributed by atoms with E-state index in [1.165, 1.54) is 0 Å². The summed E-state index contributed by atoms with van der Waals surface area (Å²) in [5.41, 5.74) is 1.37. The fraction of sp³-hybridized carbons (Fsp3) is 0.500. The first-order valence-electron chi connectivity index (χ1n) is 6.42. The zero-order valence-electron chi connectivity index (χ0n) is 11.2. The Balaban J connectivity index is 2.14. The molecule has 1 saturated heterocycles. The van der Waals surface area contributed by atoms with Crippen LogP contribution in [0.1, 0.15) is 29.4 Å². The zero-order chi connectivity index (χ0) is 14.0. The number of carboxylic acid groups (broad SMARTS) is 1. The lowest BCUT2D eigenvalue weighted by Crippen LogP contribution is -2.45. The van der Waals surface area contributed by atoms with Gasteiger partial charge in [0.05, 0.1) is 11.5 Å². The largest absolute Gasteiger partial charge is 0.481 e. The number of hydrogen-bond acceptors (Lipinski definition) is 3. The Morgan fingerprint density at radius 1 is 1.37 bits per heavy atom. The molecule has 1 amide bonds. The van der Waals surface area contributed by atoms with Gasteiger partial charge in [-0.3, -0.25) is 14.6 Å². The number of amides is 1. The first kappa shape index (κ1) is 13.5. The van der Waals surface area contributed by atoms with Crippen LogP contribution in [0, 0.1) is 18.8 Å². The SMILES string of the molecule is Cc1ccc(C(=O)N2CC(C)CC(C(=O)O)C2)cn1. The van der Waals surface area contributed by atoms with E-state index in [0.717, 1.165) is 5.69 Å². The summed E-state index contributed by atoms with van der Waals surface area (Å²) >= 11 is 0. The highest BCUT2D eigenvalue weighted by molar-refractivity contribution is 5.94. The summed E-state index contributed by atoms with van der Waals surface area (Å²) in [4.78, 5) is 29.1. The van der Waals surface area contributed by atoms with Crippen LogP contribution >= 0.6 is 0 Å². The van der Waals surface area contributed by atoms with Gasteiger partial charge in [-0.25, -0.2) is 0 Å². The van der Waals surface area contributed by atoms with E-state index in [4.69, 9.17) is 5.11 Å². The van der Waals surface area contributed by atoms with Gasteiger partial charge in [-0.2, -0.15) is 0 Å². The molecular formula is C14H18N2O3. The van der Waals surface area contributed by atoms with E-state index in [9.17, 15) is 9.59 Å². The van der Waals surface area contributed by atoms with Crippen molar-refractivity contribution in [2.75, 3.05) is 13.1 Å². The Morgan fingerprint density at radius 3 is 2.68 bits per heavy atom. The molecule has 5 heteroatoms. The molecule has 2 heterocycles. The molecular weight excluding hydrogens is 244 g/mol. The topological polar surface area (TPSA) is 70.5 Å². The van der Waals surface area contributed by atoms with Gasteiger partial charge >= 0.3 is 5.97 Å². The van der Waals surface area contributed by atoms with Crippen molar-refractivity contribution in [1.29, 1.82) is 0 Å². The number of aromatic nitrogens is 1. The number of piperidine rings is 1. The van der Waals surface area contributed by atoms with E-state index >= 15 is 0 Å². The molecule has 2 atom stereocenters. The number of carboxylic acids is 1. The van der Waals surface area contributed by atoms with Crippen molar-refractivity contribution in [3.8, 4) is 0 Å². The van der Waals surface area contributed by atoms with E-state index < -0.39 is 11.9 Å². The van der Waals surface area contributed by atoms with Crippen molar-refractivity contribution in [2.24, 2.45) is 11.8 Å². The minimum absolute atomic E-state index is 0.134. The monoisotopic (exact) mass is 262 g/mol. The molecule has 0 aliphatic carbocycles. The molecule has 0 saturated carbocycles. The Labute approximate surface area is 112 Å². The Morgan fingerprint density at radius 2 is 2.11 bits per heavy atom. The molecule has 2 rings (SSSR count). The van der Waals surface area contributed by atoms with E-state index in [0.29, 0.717) is 18.5 Å². The van der Waals surface area contributed by atoms with Gasteiger partial charge in [0, 0.05) is 25.0 Å². The lowest BCUT2D eigenvalue weighted by molar-refractivity contribution is -0.143. The smallest absolute Gasteiger partial charge is 0.308 e. The number of rotatable bonds is 2. The predicted molar refractivity (Wildman–Crippen MR) is 69.8 cm³/mol. The summed E-state index contributed by atoms with van der Waals surface area (Å²) < 4.78 is 0. The molecule has 1 aromatic rings. The van der Waals surface area contributed by atoms with Gasteiger partial charge in [0.15, 0.2) is 0 Å². The number of aryl methyl sites for hydroxylation is 1. The van der Waals surface area contributed by atoms with Crippen molar-refractivity contribution >= 4 is 11.9 Å². The molecule has 1 fully saturated rings. The zero-order valence-corrected chi connectivity index (χ0v) is 11.2. The normalized spacial score (nSPS) is 23.2. The average Bonchev–Trinajstić information content (AvgIpc) is 2.38. The Bertz CT molecular complexity index is 484. The van der Waals surface area contributed by atoms with Crippen LogP contribution in [0.15, 0.2) is 18.3 Å². The van der Waals surface area contributed by atoms with Crippen molar-refractivity contribution in [3.05, 3.63) is 29.6 Å². The molecule has 19 heavy (non-hydrogen) atoms. The van der Waals surface area contributed by atoms with Crippen LogP contribution in [0.3, 0.4) is 0 Å². The van der Waals surface area contributed by atoms with E-state index in [-0.39, 0.29) is 18.4 Å². The molecule has 0 radical (unpaired) electrons. The van der Waals surface area contributed by atoms with E-state index in [1.807, 2.05) is 13.8 Å². The number of carbonyl (C=O) groups excluding carboxylic acids is 1. The third-order valence-electron chi connectivity index (χ3n) is 3.45. The van der Waals surface area contributed by atoms with Gasteiger partial charge < -0.3 is 10.0 Å². The fourth-order valence-electron chi connectivity index (χ4n) is 2.47. The minimum atomic E-state index is -0.827. The van der Waals surface area contributed by atoms with Crippen LogP contribution < -0.4 is 0 Å². The van der Waals surface area contributed by atoms with Gasteiger partial charge in [0.2, 0.25) is 0 Å². The highest BCUT2D eigenvalue weighted by Crippen LogP contribution is 2.23. The molecule has 1 aromatic heterocycles. The van der Waals surface area contributed by atoms with Gasteiger partial charge in [0.25, 0.3) is 5.91 Å². The van der Waals surface area contributed by atoms with E-state index in [2.05, 4.69) is 4.98 Å². The summed E-state index contributed by atoms with van der Waals surface area (Å²) in [6.45, 7) is 4.73. The molecule has 1 N–H and O–H groups in total. The maximum atomic E-state index is 12.3. The van der Waals surface area contributed by atoms with Crippen molar-refractivity contribution in [3.63, 3.8) is 0 Å². The first-order chi connectivity index (χ1) is 8.97. The second kappa shape index (κ2) is 5.38. The van der Waals surface area contributed by atoms with Crippen molar-refractivity contribution in [1.82, 2.24) is 9.88 Å². The average molecular weight is 262 g/mol. The molecule has 1 aliphatic heterocycles. The van der Waals surface area contributed by atoms with Crippen LogP contribution in [-0.4, -0.2) is 40.0 Å². The third kappa shape index (κ3) is 3.10. The van der Waals surface area contributed by atoms with Gasteiger partial charge in [-0.15, -0.1) is 0 Å². The molecule has 1 aliphatic rings. The maximum absolute atomic E-state index is 12.3. The highest BCUT2D eigenvalue weighted by Gasteiger charge is 2.32. The third-order valence-corrected chi connectivity index (χ3v) is 3.45. The molecule has 0 spiro atoms. The quantitative estimate of drug-likeness (QED) is 0.878. The highest BCUT2D eigenvalue weighted by atomic mass is 16.4. The molecule has 2 unspecified atom stereocenters. The number of hydrogen-bond donors (Lipinski definition) is 1. The second-order valence-corrected chi connectivity index (χ2v) is 5.27. The van der Waals surface area contributed by atoms with Crippen molar-refractivity contribution < 1.29 is 14.7 Å². The maximum Gasteiger partial charge on any atom is 0.308 e. The molecule has 102 valence electrons. The van der Waals surface area contributed by atoms with Crippen LogP contribution in [0.25, 0.3) is 0 Å². The van der Waals surface area contributed by atoms with Gasteiger partial charge in [-0.05, 0) is 31.4 Å². The first-order valence-corrected chi connectivity index (χ1v) is 6.42. The van der Waals surface area contributed by atoms with E-state index in [1.54, 1.807) is 23.2 Å². The summed E-state index contributed by atoms with van der Waals surface area (Å²) in [5.74, 6) is -1.22. The number of nitrogens with zero attached hydrogens (tertiary/aromatic N) is 2. The summed E-state index contributed by atoms with van der Waals surface area (Å²) in [7, 11) is 0. The van der Waals surface area contributed by atoms with Crippen LogP contribution in [0.2, 0.25) is 0 Å². The second-order valence-electron chi connectivity index (χ2n) is 5.27. The van der Waals surface area contributed by atoms with Gasteiger partial charge in [0.1, 0.15) is 0 Å². The van der Waals surface area contributed by atoms with Crippen LogP contribution in [0.5, 0.6) is 0 Å². The Hall–Kier alpha value is -1.91. The number of aliphatic carboxylic acids is 1. The van der Waals surface area contributed by atoms with Crippen molar-refractivity contribution in [2.45, 2.75) is 20.3 Å². The van der Waals surface area contributed by atoms with Crippen LogP contribution in [0.4, 0.5) is 0 Å².